The lowest BCUT2D eigenvalue weighted by atomic mass is 9.47. The minimum atomic E-state index is 0. The molecule has 0 aromatic rings. The molecule has 4 aliphatic carbocycles. The molecule has 30 heavy (non-hydrogen) atoms. The van der Waals surface area contributed by atoms with Crippen LogP contribution in [-0.4, -0.2) is 12.7 Å². The van der Waals surface area contributed by atoms with Gasteiger partial charge in [-0.3, -0.25) is 0 Å². The van der Waals surface area contributed by atoms with Gasteiger partial charge < -0.3 is 4.74 Å². The van der Waals surface area contributed by atoms with E-state index in [9.17, 15) is 0 Å². The highest BCUT2D eigenvalue weighted by atomic mass is 16.5. The second-order valence-electron chi connectivity index (χ2n) is 12.6. The van der Waals surface area contributed by atoms with E-state index in [1.807, 2.05) is 0 Å². The average molecular weight is 419 g/mol. The fourth-order valence-electron chi connectivity index (χ4n) is 9.03. The van der Waals surface area contributed by atoms with Crippen LogP contribution in [0.15, 0.2) is 11.6 Å². The molecule has 3 saturated carbocycles. The Balaban J connectivity index is 0.00000181. The number of fused-ring (bicyclic) bond motifs is 5. The Morgan fingerprint density at radius 1 is 1.03 bits per heavy atom. The Hall–Kier alpha value is -0.300. The predicted octanol–water partition coefficient (Wildman–Crippen LogP) is 8.92. The SMILES string of the molecule is CCOC1CC[C@@]2(C)C(=CC[C@@H]3C2CC[C@@]2(C)C3CC[C@@H]2[C@H](C)CCCC(C)C)C1.[HH].[HH]. The highest BCUT2D eigenvalue weighted by molar-refractivity contribution is 5.25. The van der Waals surface area contributed by atoms with E-state index in [0.717, 1.165) is 42.1 Å². The number of hydrogen-bond acceptors (Lipinski definition) is 1. The molecule has 176 valence electrons. The van der Waals surface area contributed by atoms with Crippen LogP contribution in [-0.2, 0) is 4.74 Å². The molecular weight excluding hydrogens is 364 g/mol. The first kappa shape index (κ1) is 22.9. The number of ether oxygens (including phenoxy) is 1. The maximum atomic E-state index is 6.04. The van der Waals surface area contributed by atoms with Gasteiger partial charge in [-0.25, -0.2) is 0 Å². The van der Waals surface area contributed by atoms with Crippen molar-refractivity contribution in [2.75, 3.05) is 6.61 Å². The topological polar surface area (TPSA) is 9.23 Å². The Morgan fingerprint density at radius 2 is 1.83 bits per heavy atom. The molecule has 0 radical (unpaired) electrons. The summed E-state index contributed by atoms with van der Waals surface area (Å²) in [5, 5.41) is 0. The Morgan fingerprint density at radius 3 is 2.57 bits per heavy atom. The van der Waals surface area contributed by atoms with Gasteiger partial charge in [0.2, 0.25) is 0 Å². The number of rotatable bonds is 7. The van der Waals surface area contributed by atoms with Gasteiger partial charge in [0.1, 0.15) is 0 Å². The molecule has 3 unspecified atom stereocenters. The molecule has 0 N–H and O–H groups in total. The van der Waals surface area contributed by atoms with Crippen LogP contribution >= 0.6 is 0 Å². The zero-order valence-electron chi connectivity index (χ0n) is 21.0. The Kier molecular flexibility index (Phi) is 6.80. The summed E-state index contributed by atoms with van der Waals surface area (Å²) in [5.74, 6) is 5.63. The van der Waals surface area contributed by atoms with Gasteiger partial charge in [0.25, 0.3) is 0 Å². The summed E-state index contributed by atoms with van der Waals surface area (Å²) < 4.78 is 6.04. The first-order valence-electron chi connectivity index (χ1n) is 13.6. The lowest BCUT2D eigenvalue weighted by molar-refractivity contribution is -0.0630. The number of allylic oxidation sites excluding steroid dienone is 1. The van der Waals surface area contributed by atoms with Crippen LogP contribution in [0.25, 0.3) is 0 Å². The summed E-state index contributed by atoms with van der Waals surface area (Å²) in [5.41, 5.74) is 2.86. The third kappa shape index (κ3) is 3.95. The fraction of sp³-hybridized carbons (Fsp3) is 0.931. The molecule has 1 nitrogen and oxygen atoms in total. The summed E-state index contributed by atoms with van der Waals surface area (Å²) in [4.78, 5) is 0. The van der Waals surface area contributed by atoms with Gasteiger partial charge in [-0.1, -0.05) is 65.5 Å². The van der Waals surface area contributed by atoms with Crippen LogP contribution in [0.4, 0.5) is 0 Å². The minimum Gasteiger partial charge on any atom is -0.378 e. The van der Waals surface area contributed by atoms with Crippen molar-refractivity contribution in [3.63, 3.8) is 0 Å². The lowest BCUT2D eigenvalue weighted by Gasteiger charge is -2.58. The van der Waals surface area contributed by atoms with E-state index >= 15 is 0 Å². The molecule has 0 heterocycles. The van der Waals surface area contributed by atoms with Crippen LogP contribution in [0, 0.1) is 46.3 Å². The van der Waals surface area contributed by atoms with Gasteiger partial charge in [0, 0.05) is 9.46 Å². The van der Waals surface area contributed by atoms with Gasteiger partial charge in [0.15, 0.2) is 0 Å². The summed E-state index contributed by atoms with van der Waals surface area (Å²) in [6.45, 7) is 15.7. The first-order valence-corrected chi connectivity index (χ1v) is 13.6. The maximum absolute atomic E-state index is 6.04. The summed E-state index contributed by atoms with van der Waals surface area (Å²) in [7, 11) is 0. The molecular formula is C29H54O. The van der Waals surface area contributed by atoms with E-state index in [4.69, 9.17) is 4.74 Å². The van der Waals surface area contributed by atoms with E-state index in [1.165, 1.54) is 70.6 Å². The van der Waals surface area contributed by atoms with Crippen molar-refractivity contribution >= 4 is 0 Å². The fourth-order valence-corrected chi connectivity index (χ4v) is 9.03. The largest absolute Gasteiger partial charge is 0.378 e. The Bertz CT molecular complexity index is 631. The van der Waals surface area contributed by atoms with Crippen molar-refractivity contribution in [2.24, 2.45) is 46.3 Å². The molecule has 0 amide bonds. The molecule has 0 aromatic heterocycles. The van der Waals surface area contributed by atoms with E-state index in [0.29, 0.717) is 16.9 Å². The molecule has 8 atom stereocenters. The average Bonchev–Trinajstić information content (AvgIpc) is 3.05. The van der Waals surface area contributed by atoms with Gasteiger partial charge in [-0.05, 0) is 105 Å². The van der Waals surface area contributed by atoms with Crippen LogP contribution in [0.2, 0.25) is 0 Å². The van der Waals surface area contributed by atoms with Crippen molar-refractivity contribution in [1.82, 2.24) is 0 Å². The standard InChI is InChI=1S/C29H50O.2H2/c1-7-30-23-15-17-28(5)22(19-23)11-12-24-26-14-13-25(21(4)10-8-9-20(2)3)29(26,6)18-16-27(24)28;;/h11,20-21,23-27H,7-10,12-19H2,1-6H3;2*1H/t21-,23?,24+,25-,26?,27?,28+,29-;;/m1../s1. The van der Waals surface area contributed by atoms with Crippen molar-refractivity contribution in [3.8, 4) is 0 Å². The zero-order valence-corrected chi connectivity index (χ0v) is 21.0. The second kappa shape index (κ2) is 8.92. The van der Waals surface area contributed by atoms with E-state index in [2.05, 4.69) is 47.6 Å². The third-order valence-corrected chi connectivity index (χ3v) is 10.7. The molecule has 4 aliphatic rings. The van der Waals surface area contributed by atoms with Gasteiger partial charge in [-0.15, -0.1) is 0 Å². The van der Waals surface area contributed by atoms with Crippen molar-refractivity contribution < 1.29 is 7.59 Å². The maximum Gasteiger partial charge on any atom is 0.0612 e. The van der Waals surface area contributed by atoms with Crippen LogP contribution in [0.1, 0.15) is 115 Å². The summed E-state index contributed by atoms with van der Waals surface area (Å²) >= 11 is 0. The van der Waals surface area contributed by atoms with Gasteiger partial charge in [-0.2, -0.15) is 0 Å². The summed E-state index contributed by atoms with van der Waals surface area (Å²) in [6.07, 6.45) is 18.7. The molecule has 3 fully saturated rings. The molecule has 0 aromatic carbocycles. The molecule has 4 rings (SSSR count). The van der Waals surface area contributed by atoms with E-state index in [-0.39, 0.29) is 2.85 Å². The van der Waals surface area contributed by atoms with Crippen molar-refractivity contribution in [3.05, 3.63) is 11.6 Å². The van der Waals surface area contributed by atoms with Gasteiger partial charge in [0.05, 0.1) is 6.10 Å². The highest BCUT2D eigenvalue weighted by Gasteiger charge is 2.59. The third-order valence-electron chi connectivity index (χ3n) is 10.7. The Labute approximate surface area is 190 Å². The highest BCUT2D eigenvalue weighted by Crippen LogP contribution is 2.67. The van der Waals surface area contributed by atoms with Crippen LogP contribution in [0.3, 0.4) is 0 Å². The van der Waals surface area contributed by atoms with Crippen LogP contribution < -0.4 is 0 Å². The minimum absolute atomic E-state index is 0. The molecule has 0 spiro atoms. The normalized spacial score (nSPS) is 44.2. The van der Waals surface area contributed by atoms with E-state index < -0.39 is 0 Å². The first-order chi connectivity index (χ1) is 14.3. The zero-order chi connectivity index (χ0) is 21.5. The molecule has 0 aliphatic heterocycles. The van der Waals surface area contributed by atoms with E-state index in [1.54, 1.807) is 5.57 Å². The molecule has 0 bridgehead atoms. The van der Waals surface area contributed by atoms with Crippen molar-refractivity contribution in [1.29, 1.82) is 0 Å². The second-order valence-corrected chi connectivity index (χ2v) is 12.6. The predicted molar refractivity (Wildman–Crippen MR) is 133 cm³/mol. The van der Waals surface area contributed by atoms with Crippen LogP contribution in [0.5, 0.6) is 0 Å². The molecule has 0 saturated heterocycles. The lowest BCUT2D eigenvalue weighted by Crippen LogP contribution is -2.51. The number of hydrogen-bond donors (Lipinski definition) is 0. The quantitative estimate of drug-likeness (QED) is 0.375. The van der Waals surface area contributed by atoms with Crippen molar-refractivity contribution in [2.45, 2.75) is 118 Å². The van der Waals surface area contributed by atoms with Gasteiger partial charge >= 0.3 is 0 Å². The summed E-state index contributed by atoms with van der Waals surface area (Å²) in [6, 6.07) is 0. The smallest absolute Gasteiger partial charge is 0.0612 e. The molecule has 1 heteroatoms. The monoisotopic (exact) mass is 418 g/mol.